The minimum Gasteiger partial charge on any atom is -0.381 e. The molecular formula is C28H31N5O2. The molecule has 1 saturated heterocycles. The SMILES string of the molecule is CCc1cc2c(Cc3cccc(NC(=O)NC4=CC(C5CCOCC5)=NC4)c3)ncnc2cc1C. The van der Waals surface area contributed by atoms with E-state index in [0.717, 1.165) is 71.7 Å². The van der Waals surface area contributed by atoms with Gasteiger partial charge in [0.2, 0.25) is 0 Å². The lowest BCUT2D eigenvalue weighted by Crippen LogP contribution is -2.28. The number of benzene rings is 2. The Kier molecular flexibility index (Phi) is 6.86. The van der Waals surface area contributed by atoms with Crippen LogP contribution in [-0.4, -0.2) is 41.5 Å². The van der Waals surface area contributed by atoms with Gasteiger partial charge in [-0.15, -0.1) is 0 Å². The molecule has 0 atom stereocenters. The van der Waals surface area contributed by atoms with Crippen LogP contribution in [0.5, 0.6) is 0 Å². The molecule has 3 heterocycles. The van der Waals surface area contributed by atoms with Crippen molar-refractivity contribution in [3.8, 4) is 0 Å². The molecule has 5 rings (SSSR count). The normalized spacial score (nSPS) is 16.2. The van der Waals surface area contributed by atoms with E-state index in [1.807, 2.05) is 24.3 Å². The zero-order valence-corrected chi connectivity index (χ0v) is 20.3. The Morgan fingerprint density at radius 3 is 2.80 bits per heavy atom. The van der Waals surface area contributed by atoms with Crippen molar-refractivity contribution >= 4 is 28.3 Å². The summed E-state index contributed by atoms with van der Waals surface area (Å²) in [7, 11) is 0. The molecule has 0 radical (unpaired) electrons. The van der Waals surface area contributed by atoms with Gasteiger partial charge in [-0.3, -0.25) is 4.99 Å². The zero-order valence-electron chi connectivity index (χ0n) is 20.3. The molecule has 7 heteroatoms. The van der Waals surface area contributed by atoms with Gasteiger partial charge >= 0.3 is 6.03 Å². The smallest absolute Gasteiger partial charge is 0.323 e. The molecule has 0 bridgehead atoms. The number of anilines is 1. The maximum absolute atomic E-state index is 12.6. The summed E-state index contributed by atoms with van der Waals surface area (Å²) < 4.78 is 5.44. The van der Waals surface area contributed by atoms with Gasteiger partial charge in [-0.25, -0.2) is 14.8 Å². The Hall–Kier alpha value is -3.58. The third-order valence-corrected chi connectivity index (χ3v) is 6.78. The summed E-state index contributed by atoms with van der Waals surface area (Å²) in [5.41, 5.74) is 8.24. The Labute approximate surface area is 205 Å². The number of fused-ring (bicyclic) bond motifs is 1. The van der Waals surface area contributed by atoms with E-state index >= 15 is 0 Å². The van der Waals surface area contributed by atoms with Gasteiger partial charge in [-0.2, -0.15) is 0 Å². The fourth-order valence-electron chi connectivity index (χ4n) is 4.85. The van der Waals surface area contributed by atoms with E-state index in [2.05, 4.69) is 57.6 Å². The fraction of sp³-hybridized carbons (Fsp3) is 0.357. The van der Waals surface area contributed by atoms with Crippen LogP contribution in [0.3, 0.4) is 0 Å². The van der Waals surface area contributed by atoms with Crippen LogP contribution in [-0.2, 0) is 17.6 Å². The van der Waals surface area contributed by atoms with Crippen LogP contribution in [0.2, 0.25) is 0 Å². The third kappa shape index (κ3) is 5.41. The van der Waals surface area contributed by atoms with E-state index in [9.17, 15) is 4.79 Å². The highest BCUT2D eigenvalue weighted by Crippen LogP contribution is 2.24. The summed E-state index contributed by atoms with van der Waals surface area (Å²) in [6, 6.07) is 12.0. The molecule has 2 aliphatic heterocycles. The number of aryl methyl sites for hydroxylation is 2. The maximum Gasteiger partial charge on any atom is 0.323 e. The van der Waals surface area contributed by atoms with Gasteiger partial charge in [0.1, 0.15) is 6.33 Å². The molecule has 0 unspecified atom stereocenters. The standard InChI is InChI=1S/C28H31N5O2/c1-3-20-14-24-26(11-18(20)2)30-17-31-27(24)13-19-5-4-6-22(12-19)32-28(34)33-23-15-25(29-16-23)21-7-9-35-10-8-21/h4-6,11-12,14-15,17,21H,3,7-10,13,16H2,1-2H3,(H2,32,33,34). The van der Waals surface area contributed by atoms with E-state index < -0.39 is 0 Å². The third-order valence-electron chi connectivity index (χ3n) is 6.78. The lowest BCUT2D eigenvalue weighted by Gasteiger charge is -2.21. The van der Waals surface area contributed by atoms with E-state index in [0.29, 0.717) is 18.9 Å². The van der Waals surface area contributed by atoms with Crippen LogP contribution in [0, 0.1) is 12.8 Å². The number of carbonyl (C=O) groups is 1. The number of allylic oxidation sites excluding steroid dienone is 1. The first kappa shape index (κ1) is 23.2. The maximum atomic E-state index is 12.6. The van der Waals surface area contributed by atoms with Crippen molar-refractivity contribution in [3.05, 3.63) is 76.9 Å². The molecule has 0 aliphatic carbocycles. The lowest BCUT2D eigenvalue weighted by atomic mass is 9.95. The van der Waals surface area contributed by atoms with Gasteiger partial charge in [0.15, 0.2) is 0 Å². The molecule has 180 valence electrons. The summed E-state index contributed by atoms with van der Waals surface area (Å²) >= 11 is 0. The number of hydrogen-bond donors (Lipinski definition) is 2. The van der Waals surface area contributed by atoms with Crippen LogP contribution in [0.25, 0.3) is 10.9 Å². The number of hydrogen-bond acceptors (Lipinski definition) is 5. The monoisotopic (exact) mass is 469 g/mol. The molecule has 0 spiro atoms. The molecule has 1 fully saturated rings. The first-order valence-electron chi connectivity index (χ1n) is 12.3. The predicted molar refractivity (Wildman–Crippen MR) is 139 cm³/mol. The van der Waals surface area contributed by atoms with Crippen molar-refractivity contribution < 1.29 is 9.53 Å². The van der Waals surface area contributed by atoms with Crippen molar-refractivity contribution in [1.82, 2.24) is 15.3 Å². The minimum absolute atomic E-state index is 0.257. The number of aliphatic imine (C=N–C) groups is 1. The molecule has 2 aromatic carbocycles. The average molecular weight is 470 g/mol. The number of nitrogens with one attached hydrogen (secondary N) is 2. The van der Waals surface area contributed by atoms with E-state index in [1.54, 1.807) is 6.33 Å². The number of urea groups is 1. The van der Waals surface area contributed by atoms with Crippen molar-refractivity contribution in [1.29, 1.82) is 0 Å². The second-order valence-corrected chi connectivity index (χ2v) is 9.22. The second kappa shape index (κ2) is 10.4. The molecule has 35 heavy (non-hydrogen) atoms. The van der Waals surface area contributed by atoms with Crippen LogP contribution in [0.1, 0.15) is 42.1 Å². The largest absolute Gasteiger partial charge is 0.381 e. The first-order chi connectivity index (χ1) is 17.1. The Balaban J connectivity index is 1.25. The van der Waals surface area contributed by atoms with Crippen LogP contribution in [0.4, 0.5) is 10.5 Å². The molecule has 1 aromatic heterocycles. The van der Waals surface area contributed by atoms with Crippen molar-refractivity contribution in [2.24, 2.45) is 10.9 Å². The summed E-state index contributed by atoms with van der Waals surface area (Å²) in [6.45, 7) is 6.36. The van der Waals surface area contributed by atoms with E-state index in [4.69, 9.17) is 4.74 Å². The number of rotatable bonds is 6. The summed E-state index contributed by atoms with van der Waals surface area (Å²) in [4.78, 5) is 26.3. The number of ether oxygens (including phenoxy) is 1. The molecule has 2 aliphatic rings. The minimum atomic E-state index is -0.257. The molecular weight excluding hydrogens is 438 g/mol. The second-order valence-electron chi connectivity index (χ2n) is 9.22. The number of carbonyl (C=O) groups excluding carboxylic acids is 1. The van der Waals surface area contributed by atoms with Gasteiger partial charge in [0, 0.05) is 48.0 Å². The average Bonchev–Trinajstić information content (AvgIpc) is 3.33. The van der Waals surface area contributed by atoms with Gasteiger partial charge in [-0.1, -0.05) is 19.1 Å². The molecule has 3 aromatic rings. The number of aromatic nitrogens is 2. The highest BCUT2D eigenvalue weighted by molar-refractivity contribution is 6.00. The fourth-order valence-corrected chi connectivity index (χ4v) is 4.85. The van der Waals surface area contributed by atoms with Gasteiger partial charge < -0.3 is 15.4 Å². The van der Waals surface area contributed by atoms with Gasteiger partial charge in [-0.05, 0) is 73.2 Å². The van der Waals surface area contributed by atoms with Crippen molar-refractivity contribution in [3.63, 3.8) is 0 Å². The molecule has 7 nitrogen and oxygen atoms in total. The van der Waals surface area contributed by atoms with Crippen LogP contribution in [0.15, 0.2) is 59.5 Å². The quantitative estimate of drug-likeness (QED) is 0.533. The van der Waals surface area contributed by atoms with Crippen molar-refractivity contribution in [2.75, 3.05) is 25.1 Å². The Morgan fingerprint density at radius 1 is 1.11 bits per heavy atom. The number of nitrogens with zero attached hydrogens (tertiary/aromatic N) is 3. The summed E-state index contributed by atoms with van der Waals surface area (Å²) in [6.07, 6.45) is 7.26. The predicted octanol–water partition coefficient (Wildman–Crippen LogP) is 4.98. The van der Waals surface area contributed by atoms with Crippen LogP contribution < -0.4 is 10.6 Å². The molecule has 2 amide bonds. The summed E-state index contributed by atoms with van der Waals surface area (Å²) in [5, 5.41) is 6.99. The van der Waals surface area contributed by atoms with Crippen LogP contribution >= 0.6 is 0 Å². The first-order valence-corrected chi connectivity index (χ1v) is 12.3. The topological polar surface area (TPSA) is 88.5 Å². The lowest BCUT2D eigenvalue weighted by molar-refractivity contribution is 0.0830. The zero-order chi connectivity index (χ0) is 24.2. The Morgan fingerprint density at radius 2 is 1.97 bits per heavy atom. The highest BCUT2D eigenvalue weighted by atomic mass is 16.5. The van der Waals surface area contributed by atoms with Gasteiger partial charge in [0.05, 0.1) is 17.8 Å². The number of amides is 2. The highest BCUT2D eigenvalue weighted by Gasteiger charge is 2.22. The van der Waals surface area contributed by atoms with E-state index in [-0.39, 0.29) is 6.03 Å². The summed E-state index contributed by atoms with van der Waals surface area (Å²) in [5.74, 6) is 0.429. The van der Waals surface area contributed by atoms with E-state index in [1.165, 1.54) is 11.1 Å². The molecule has 0 saturated carbocycles. The molecule has 2 N–H and O–H groups in total. The van der Waals surface area contributed by atoms with Gasteiger partial charge in [0.25, 0.3) is 0 Å². The Bertz CT molecular complexity index is 1310. The van der Waals surface area contributed by atoms with Crippen molar-refractivity contribution in [2.45, 2.75) is 39.5 Å².